The molecule has 2 aromatic carbocycles. The number of rotatable bonds is 5. The third-order valence-electron chi connectivity index (χ3n) is 5.23. The highest BCUT2D eigenvalue weighted by Crippen LogP contribution is 2.30. The summed E-state index contributed by atoms with van der Waals surface area (Å²) in [5.74, 6) is -4.77. The van der Waals surface area contributed by atoms with Gasteiger partial charge in [0.1, 0.15) is 5.71 Å². The zero-order valence-corrected chi connectivity index (χ0v) is 18.8. The Morgan fingerprint density at radius 1 is 0.971 bits per heavy atom. The number of hydrogen-bond donors (Lipinski definition) is 2. The highest BCUT2D eigenvalue weighted by Gasteiger charge is 2.38. The summed E-state index contributed by atoms with van der Waals surface area (Å²) in [5.41, 5.74) is 0.472. The molecule has 0 aromatic heterocycles. The second kappa shape index (κ2) is 8.99. The molecule has 34 heavy (non-hydrogen) atoms. The molecule has 0 bridgehead atoms. The highest BCUT2D eigenvalue weighted by molar-refractivity contribution is 6.57. The van der Waals surface area contributed by atoms with E-state index in [0.717, 1.165) is 29.4 Å². The Morgan fingerprint density at radius 3 is 2.03 bits per heavy atom. The van der Waals surface area contributed by atoms with Crippen molar-refractivity contribution >= 4 is 46.5 Å². The van der Waals surface area contributed by atoms with Gasteiger partial charge in [-0.2, -0.15) is 0 Å². The summed E-state index contributed by atoms with van der Waals surface area (Å²) in [6, 6.07) is 8.27. The Balaban J connectivity index is 2.23. The predicted octanol–water partition coefficient (Wildman–Crippen LogP) is 3.30. The average molecular weight is 460 g/mol. The number of anilines is 2. The summed E-state index contributed by atoms with van der Waals surface area (Å²) in [6.45, 7) is 10.7. The van der Waals surface area contributed by atoms with Crippen molar-refractivity contribution < 1.29 is 29.4 Å². The number of imide groups is 1. The van der Waals surface area contributed by atoms with Crippen LogP contribution in [-0.2, 0) is 9.59 Å². The van der Waals surface area contributed by atoms with E-state index in [4.69, 9.17) is 6.57 Å². The first-order chi connectivity index (χ1) is 16.0. The monoisotopic (exact) mass is 460 g/mol. The average Bonchev–Trinajstić information content (AvgIpc) is 2.77. The van der Waals surface area contributed by atoms with E-state index in [1.54, 1.807) is 19.1 Å². The summed E-state index contributed by atoms with van der Waals surface area (Å²) in [7, 11) is 3.75. The van der Waals surface area contributed by atoms with E-state index in [9.17, 15) is 29.4 Å². The first-order valence-electron chi connectivity index (χ1n) is 9.92. The van der Waals surface area contributed by atoms with Gasteiger partial charge in [-0.3, -0.25) is 14.5 Å². The number of carbonyl (C=O) groups excluding carboxylic acids is 2. The normalized spacial score (nSPS) is 14.9. The second-order valence-corrected chi connectivity index (χ2v) is 7.74. The molecule has 0 saturated carbocycles. The summed E-state index contributed by atoms with van der Waals surface area (Å²) < 4.78 is 0. The molecule has 0 spiro atoms. The first kappa shape index (κ1) is 23.9. The maximum atomic E-state index is 13.4. The molecular formula is C24H20N4O6. The lowest BCUT2D eigenvalue weighted by atomic mass is 10.0. The lowest BCUT2D eigenvalue weighted by Crippen LogP contribution is -2.46. The van der Waals surface area contributed by atoms with Crippen LogP contribution in [0.15, 0.2) is 52.7 Å². The fourth-order valence-electron chi connectivity index (χ4n) is 3.39. The Labute approximate surface area is 194 Å². The standard InChI is InChI=1S/C24H20N4O6/c1-12-8-16(27(4)5)6-7-18(12)26-20-13(2)19(25-3)21(29)28(22(20)30)17-10-14(23(31)32)9-15(11-17)24(33)34/h6-11H,1-2,4-5H3,(H,31,32)(H,33,34). The van der Waals surface area contributed by atoms with E-state index in [0.29, 0.717) is 10.6 Å². The number of carboxylic acids is 2. The van der Waals surface area contributed by atoms with E-state index in [1.807, 2.05) is 25.1 Å². The van der Waals surface area contributed by atoms with Gasteiger partial charge in [-0.15, -0.1) is 0 Å². The lowest BCUT2D eigenvalue weighted by Gasteiger charge is -2.27. The van der Waals surface area contributed by atoms with Crippen molar-refractivity contribution in [2.45, 2.75) is 13.8 Å². The van der Waals surface area contributed by atoms with Gasteiger partial charge in [0.25, 0.3) is 17.5 Å². The molecule has 172 valence electrons. The van der Waals surface area contributed by atoms with Crippen molar-refractivity contribution in [1.29, 1.82) is 0 Å². The quantitative estimate of drug-likeness (QED) is 0.517. The molecule has 1 aliphatic rings. The minimum Gasteiger partial charge on any atom is -0.478 e. The third-order valence-corrected chi connectivity index (χ3v) is 5.23. The van der Waals surface area contributed by atoms with Gasteiger partial charge < -0.3 is 15.1 Å². The summed E-state index contributed by atoms with van der Waals surface area (Å²) in [4.78, 5) is 59.6. The number of nitrogens with zero attached hydrogens (tertiary/aromatic N) is 4. The number of aryl methyl sites for hydroxylation is 1. The third kappa shape index (κ3) is 4.27. The van der Waals surface area contributed by atoms with Crippen LogP contribution in [0.4, 0.5) is 17.1 Å². The van der Waals surface area contributed by atoms with Crippen LogP contribution >= 0.6 is 0 Å². The van der Waals surface area contributed by atoms with Crippen LogP contribution in [0, 0.1) is 13.5 Å². The Hall–Kier alpha value is -4.78. The molecule has 0 radical (unpaired) electrons. The number of carbonyl (C=O) groups is 4. The van der Waals surface area contributed by atoms with Crippen molar-refractivity contribution in [2.24, 2.45) is 4.99 Å². The van der Waals surface area contributed by atoms with Crippen molar-refractivity contribution in [1.82, 2.24) is 0 Å². The molecular weight excluding hydrogens is 440 g/mol. The minimum absolute atomic E-state index is 0.0742. The van der Waals surface area contributed by atoms with Gasteiger partial charge in [0, 0.05) is 19.8 Å². The van der Waals surface area contributed by atoms with Crippen molar-refractivity contribution in [3.05, 3.63) is 75.8 Å². The Kier molecular flexibility index (Phi) is 6.31. The largest absolute Gasteiger partial charge is 0.478 e. The van der Waals surface area contributed by atoms with E-state index in [1.165, 1.54) is 6.92 Å². The number of benzene rings is 2. The molecule has 3 rings (SSSR count). The minimum atomic E-state index is -1.44. The Bertz CT molecular complexity index is 1330. The molecule has 0 aliphatic carbocycles. The van der Waals surface area contributed by atoms with E-state index in [2.05, 4.69) is 9.84 Å². The van der Waals surface area contributed by atoms with Crippen LogP contribution in [0.3, 0.4) is 0 Å². The number of carboxylic acid groups (broad SMARTS) is 2. The molecule has 2 amide bonds. The van der Waals surface area contributed by atoms with Gasteiger partial charge in [0.2, 0.25) is 0 Å². The fraction of sp³-hybridized carbons (Fsp3) is 0.167. The van der Waals surface area contributed by atoms with Gasteiger partial charge in [-0.05, 0) is 61.4 Å². The molecule has 0 unspecified atom stereocenters. The van der Waals surface area contributed by atoms with Gasteiger partial charge in [0.05, 0.1) is 29.1 Å². The highest BCUT2D eigenvalue weighted by atomic mass is 16.4. The zero-order chi connectivity index (χ0) is 25.3. The van der Waals surface area contributed by atoms with Crippen LogP contribution in [-0.4, -0.2) is 53.8 Å². The number of aromatic carboxylic acids is 2. The van der Waals surface area contributed by atoms with Crippen molar-refractivity contribution in [3.63, 3.8) is 0 Å². The first-order valence-corrected chi connectivity index (χ1v) is 9.92. The van der Waals surface area contributed by atoms with Gasteiger partial charge in [-0.1, -0.05) is 0 Å². The summed E-state index contributed by atoms with van der Waals surface area (Å²) >= 11 is 0. The van der Waals surface area contributed by atoms with Crippen LogP contribution in [0.5, 0.6) is 0 Å². The molecule has 10 nitrogen and oxygen atoms in total. The van der Waals surface area contributed by atoms with Crippen molar-refractivity contribution in [2.75, 3.05) is 23.9 Å². The molecule has 2 N–H and O–H groups in total. The Morgan fingerprint density at radius 2 is 1.56 bits per heavy atom. The molecule has 0 fully saturated rings. The SMILES string of the molecule is [C-]#[N+]C1=C(C)C(=Nc2ccc(N(C)C)cc2C)C(=O)N(c2cc(C(=O)O)cc(C(=O)O)c2)C1=O. The molecule has 1 heterocycles. The van der Waals surface area contributed by atoms with E-state index < -0.39 is 34.9 Å². The fourth-order valence-corrected chi connectivity index (χ4v) is 3.39. The van der Waals surface area contributed by atoms with Crippen molar-refractivity contribution in [3.8, 4) is 0 Å². The van der Waals surface area contributed by atoms with Crippen LogP contribution in [0.2, 0.25) is 0 Å². The molecule has 0 saturated heterocycles. The maximum Gasteiger partial charge on any atom is 0.335 e. The predicted molar refractivity (Wildman–Crippen MR) is 125 cm³/mol. The number of amides is 2. The molecule has 2 aromatic rings. The smallest absolute Gasteiger partial charge is 0.335 e. The molecule has 1 aliphatic heterocycles. The van der Waals surface area contributed by atoms with Crippen LogP contribution in [0.1, 0.15) is 33.2 Å². The van der Waals surface area contributed by atoms with Gasteiger partial charge in [0.15, 0.2) is 0 Å². The maximum absolute atomic E-state index is 13.4. The number of hydrogen-bond acceptors (Lipinski definition) is 6. The van der Waals surface area contributed by atoms with Gasteiger partial charge in [-0.25, -0.2) is 19.4 Å². The second-order valence-electron chi connectivity index (χ2n) is 7.74. The van der Waals surface area contributed by atoms with E-state index >= 15 is 0 Å². The topological polar surface area (TPSA) is 132 Å². The lowest BCUT2D eigenvalue weighted by molar-refractivity contribution is -0.121. The molecule has 0 atom stereocenters. The summed E-state index contributed by atoms with van der Waals surface area (Å²) in [6.07, 6.45) is 0. The van der Waals surface area contributed by atoms with E-state index in [-0.39, 0.29) is 22.7 Å². The number of aliphatic imine (C=N–C) groups is 1. The van der Waals surface area contributed by atoms with Gasteiger partial charge >= 0.3 is 11.9 Å². The summed E-state index contributed by atoms with van der Waals surface area (Å²) in [5, 5.41) is 18.7. The van der Waals surface area contributed by atoms with Crippen LogP contribution < -0.4 is 9.80 Å². The molecule has 10 heteroatoms. The zero-order valence-electron chi connectivity index (χ0n) is 18.8. The van der Waals surface area contributed by atoms with Crippen LogP contribution in [0.25, 0.3) is 4.85 Å².